The van der Waals surface area contributed by atoms with Gasteiger partial charge in [-0.2, -0.15) is 0 Å². The molecule has 0 spiro atoms. The standard InChI is InChI=1S/C6H8B2BrN/c7-3-1-4(8)6(10)5(9)2-3/h1-2H,7-8,10H2. The monoisotopic (exact) mass is 195 g/mol. The largest absolute Gasteiger partial charge is 0.398 e. The second-order valence-corrected chi connectivity index (χ2v) is 3.33. The van der Waals surface area contributed by atoms with Gasteiger partial charge in [-0.3, -0.25) is 0 Å². The number of nitrogens with two attached hydrogens (primary N) is 1. The van der Waals surface area contributed by atoms with Crippen molar-refractivity contribution in [2.24, 2.45) is 0 Å². The quantitative estimate of drug-likeness (QED) is 0.398. The second kappa shape index (κ2) is 2.70. The van der Waals surface area contributed by atoms with Gasteiger partial charge in [-0.15, -0.1) is 0 Å². The molecule has 1 rings (SSSR count). The van der Waals surface area contributed by atoms with Crippen molar-refractivity contribution < 1.29 is 0 Å². The number of halogens is 1. The third-order valence-corrected chi connectivity index (χ3v) is 2.14. The molecular formula is C6H8B2BrN. The van der Waals surface area contributed by atoms with Crippen LogP contribution in [0.4, 0.5) is 5.69 Å². The Kier molecular flexibility index (Phi) is 2.09. The van der Waals surface area contributed by atoms with Crippen LogP contribution in [0.2, 0.25) is 0 Å². The molecule has 0 radical (unpaired) electrons. The molecule has 0 aliphatic heterocycles. The molecule has 0 fully saturated rings. The fourth-order valence-electron chi connectivity index (χ4n) is 0.927. The average molecular weight is 196 g/mol. The fraction of sp³-hybridized carbons (Fsp3) is 0. The van der Waals surface area contributed by atoms with E-state index < -0.39 is 0 Å². The van der Waals surface area contributed by atoms with Crippen LogP contribution in [-0.2, 0) is 0 Å². The Balaban J connectivity index is 3.31. The van der Waals surface area contributed by atoms with E-state index in [1.54, 1.807) is 0 Å². The zero-order valence-electron chi connectivity index (χ0n) is 6.11. The van der Waals surface area contributed by atoms with E-state index in [0.717, 1.165) is 15.6 Å². The number of benzene rings is 1. The first-order chi connectivity index (χ1) is 4.61. The molecule has 4 heteroatoms. The average Bonchev–Trinajstić information content (AvgIpc) is 1.82. The molecule has 0 amide bonds. The van der Waals surface area contributed by atoms with Gasteiger partial charge in [0.05, 0.1) is 0 Å². The minimum Gasteiger partial charge on any atom is -0.398 e. The minimum atomic E-state index is 0.839. The van der Waals surface area contributed by atoms with E-state index >= 15 is 0 Å². The summed E-state index contributed by atoms with van der Waals surface area (Å²) in [6.07, 6.45) is 0. The molecule has 1 aromatic rings. The van der Waals surface area contributed by atoms with Crippen LogP contribution in [0.15, 0.2) is 16.6 Å². The van der Waals surface area contributed by atoms with Gasteiger partial charge in [-0.1, -0.05) is 23.1 Å². The third-order valence-electron chi connectivity index (χ3n) is 1.48. The van der Waals surface area contributed by atoms with Gasteiger partial charge < -0.3 is 5.73 Å². The number of rotatable bonds is 0. The molecule has 1 aromatic carbocycles. The maximum absolute atomic E-state index is 5.70. The van der Waals surface area contributed by atoms with Crippen LogP contribution >= 0.6 is 15.9 Å². The maximum atomic E-state index is 5.70. The first-order valence-electron chi connectivity index (χ1n) is 3.13. The maximum Gasteiger partial charge on any atom is 0.142 e. The van der Waals surface area contributed by atoms with Gasteiger partial charge in [-0.05, 0) is 15.9 Å². The van der Waals surface area contributed by atoms with E-state index in [4.69, 9.17) is 5.73 Å². The molecule has 0 aliphatic rings. The van der Waals surface area contributed by atoms with E-state index in [0.29, 0.717) is 0 Å². The van der Waals surface area contributed by atoms with E-state index in [-0.39, 0.29) is 0 Å². The first kappa shape index (κ1) is 7.73. The lowest BCUT2D eigenvalue weighted by Crippen LogP contribution is -2.17. The van der Waals surface area contributed by atoms with E-state index in [1.165, 1.54) is 5.46 Å². The van der Waals surface area contributed by atoms with Crippen LogP contribution in [0, 0.1) is 0 Å². The molecular weight excluding hydrogens is 188 g/mol. The van der Waals surface area contributed by atoms with E-state index in [9.17, 15) is 0 Å². The van der Waals surface area contributed by atoms with Crippen LogP contribution in [0.25, 0.3) is 0 Å². The Morgan fingerprint density at radius 1 is 1.30 bits per heavy atom. The number of hydrogen-bond donors (Lipinski definition) is 1. The zero-order chi connectivity index (χ0) is 7.72. The summed E-state index contributed by atoms with van der Waals surface area (Å²) < 4.78 is 0.991. The lowest BCUT2D eigenvalue weighted by molar-refractivity contribution is 1.72. The lowest BCUT2D eigenvalue weighted by Gasteiger charge is -2.03. The fourth-order valence-corrected chi connectivity index (χ4v) is 1.60. The van der Waals surface area contributed by atoms with Crippen molar-refractivity contribution in [3.63, 3.8) is 0 Å². The van der Waals surface area contributed by atoms with Crippen molar-refractivity contribution in [3.8, 4) is 0 Å². The van der Waals surface area contributed by atoms with Crippen molar-refractivity contribution >= 4 is 48.2 Å². The summed E-state index contributed by atoms with van der Waals surface area (Å²) in [6.45, 7) is 0. The molecule has 0 bridgehead atoms. The highest BCUT2D eigenvalue weighted by Gasteiger charge is 1.98. The Morgan fingerprint density at radius 3 is 2.40 bits per heavy atom. The van der Waals surface area contributed by atoms with Crippen LogP contribution in [0.1, 0.15) is 0 Å². The van der Waals surface area contributed by atoms with Gasteiger partial charge in [0.1, 0.15) is 15.7 Å². The van der Waals surface area contributed by atoms with Gasteiger partial charge in [0.25, 0.3) is 0 Å². The molecule has 0 aromatic heterocycles. The molecule has 0 saturated heterocycles. The lowest BCUT2D eigenvalue weighted by atomic mass is 9.86. The minimum absolute atomic E-state index is 0.839. The molecule has 0 atom stereocenters. The molecule has 50 valence electrons. The summed E-state index contributed by atoms with van der Waals surface area (Å²) in [4.78, 5) is 0. The van der Waals surface area contributed by atoms with Crippen LogP contribution in [0.5, 0.6) is 0 Å². The van der Waals surface area contributed by atoms with E-state index in [1.807, 2.05) is 13.9 Å². The predicted octanol–water partition coefficient (Wildman–Crippen LogP) is -1.45. The molecule has 2 N–H and O–H groups in total. The zero-order valence-corrected chi connectivity index (χ0v) is 7.70. The molecule has 0 saturated carbocycles. The summed E-state index contributed by atoms with van der Waals surface area (Å²) >= 11 is 3.37. The smallest absolute Gasteiger partial charge is 0.142 e. The van der Waals surface area contributed by atoms with Crippen molar-refractivity contribution in [2.45, 2.75) is 0 Å². The van der Waals surface area contributed by atoms with Crippen molar-refractivity contribution in [1.82, 2.24) is 0 Å². The summed E-state index contributed by atoms with van der Waals surface area (Å²) in [5, 5.41) is 0. The first-order valence-corrected chi connectivity index (χ1v) is 3.93. The number of hydrogen-bond acceptors (Lipinski definition) is 1. The molecule has 10 heavy (non-hydrogen) atoms. The Bertz CT molecular complexity index is 239. The summed E-state index contributed by atoms with van der Waals surface area (Å²) in [5.74, 6) is 0. The second-order valence-electron chi connectivity index (χ2n) is 2.48. The van der Waals surface area contributed by atoms with Gasteiger partial charge in [-0.25, -0.2) is 0 Å². The number of nitrogen functional groups attached to an aromatic ring is 1. The summed E-state index contributed by atoms with van der Waals surface area (Å²) in [7, 11) is 4.06. The third kappa shape index (κ3) is 1.37. The van der Waals surface area contributed by atoms with E-state index in [2.05, 4.69) is 29.8 Å². The van der Waals surface area contributed by atoms with Gasteiger partial charge in [0.2, 0.25) is 0 Å². The van der Waals surface area contributed by atoms with Crippen molar-refractivity contribution in [3.05, 3.63) is 16.6 Å². The summed E-state index contributed by atoms with van der Waals surface area (Å²) in [5.41, 5.74) is 8.91. The highest BCUT2D eigenvalue weighted by atomic mass is 79.9. The topological polar surface area (TPSA) is 26.0 Å². The highest BCUT2D eigenvalue weighted by molar-refractivity contribution is 9.10. The van der Waals surface area contributed by atoms with Gasteiger partial charge in [0, 0.05) is 10.2 Å². The molecule has 0 unspecified atom stereocenters. The van der Waals surface area contributed by atoms with Crippen molar-refractivity contribution in [2.75, 3.05) is 5.73 Å². The summed E-state index contributed by atoms with van der Waals surface area (Å²) in [6, 6.07) is 4.09. The Hall–Kier alpha value is -0.370. The predicted molar refractivity (Wildman–Crippen MR) is 54.9 cm³/mol. The van der Waals surface area contributed by atoms with Crippen LogP contribution < -0.4 is 16.7 Å². The van der Waals surface area contributed by atoms with Crippen molar-refractivity contribution in [1.29, 1.82) is 0 Å². The molecule has 1 nitrogen and oxygen atoms in total. The van der Waals surface area contributed by atoms with Crippen LogP contribution in [-0.4, -0.2) is 15.7 Å². The van der Waals surface area contributed by atoms with Crippen LogP contribution in [0.3, 0.4) is 0 Å². The Labute approximate surface area is 70.9 Å². The molecule has 0 heterocycles. The highest BCUT2D eigenvalue weighted by Crippen LogP contribution is 2.13. The normalized spacial score (nSPS) is 9.70. The Morgan fingerprint density at radius 2 is 1.90 bits per heavy atom. The van der Waals surface area contributed by atoms with Gasteiger partial charge in [0.15, 0.2) is 0 Å². The van der Waals surface area contributed by atoms with Gasteiger partial charge >= 0.3 is 0 Å². The SMILES string of the molecule is Bc1cc(B)c(N)c(Br)c1. The number of anilines is 1. The molecule has 0 aliphatic carbocycles.